The lowest BCUT2D eigenvalue weighted by atomic mass is 10.2. The monoisotopic (exact) mass is 328 g/mol. The largest absolute Gasteiger partial charge is 0.353 e. The molecule has 0 atom stereocenters. The zero-order chi connectivity index (χ0) is 16.0. The van der Waals surface area contributed by atoms with Crippen LogP contribution in [0.15, 0.2) is 29.2 Å². The Hall–Kier alpha value is -1.47. The Bertz CT molecular complexity index is 596. The van der Waals surface area contributed by atoms with Gasteiger partial charge in [-0.1, -0.05) is 12.8 Å². The van der Waals surface area contributed by atoms with Gasteiger partial charge in [0, 0.05) is 19.0 Å². The number of carbonyl (C=O) groups excluding carboxylic acids is 1. The van der Waals surface area contributed by atoms with E-state index in [0.717, 1.165) is 37.8 Å². The van der Waals surface area contributed by atoms with Crippen molar-refractivity contribution in [1.29, 1.82) is 0 Å². The predicted octanol–water partition coefficient (Wildman–Crippen LogP) is 1.94. The number of benzene rings is 1. The van der Waals surface area contributed by atoms with Crippen LogP contribution in [0.1, 0.15) is 38.5 Å². The van der Waals surface area contributed by atoms with Crippen LogP contribution in [0.2, 0.25) is 0 Å². The first-order valence-corrected chi connectivity index (χ1v) is 9.00. The summed E-state index contributed by atoms with van der Waals surface area (Å²) in [5.41, 5.74) is 0. The second-order valence-corrected chi connectivity index (χ2v) is 7.27. The Morgan fingerprint density at radius 2 is 1.82 bits per heavy atom. The molecule has 0 saturated heterocycles. The van der Waals surface area contributed by atoms with Crippen LogP contribution in [0.5, 0.6) is 0 Å². The summed E-state index contributed by atoms with van der Waals surface area (Å²) in [4.78, 5) is 11.7. The van der Waals surface area contributed by atoms with Crippen LogP contribution in [-0.4, -0.2) is 26.9 Å². The van der Waals surface area contributed by atoms with E-state index in [1.54, 1.807) is 0 Å². The molecule has 0 unspecified atom stereocenters. The van der Waals surface area contributed by atoms with E-state index in [1.807, 2.05) is 0 Å². The van der Waals surface area contributed by atoms with Gasteiger partial charge >= 0.3 is 0 Å². The summed E-state index contributed by atoms with van der Waals surface area (Å²) >= 11 is 0. The smallest absolute Gasteiger partial charge is 0.240 e. The van der Waals surface area contributed by atoms with Crippen LogP contribution in [-0.2, 0) is 14.8 Å². The number of halogens is 1. The molecular formula is C15H21FN2O3S. The third-order valence-electron chi connectivity index (χ3n) is 3.72. The van der Waals surface area contributed by atoms with Gasteiger partial charge in [0.15, 0.2) is 0 Å². The Labute approximate surface area is 130 Å². The Morgan fingerprint density at radius 1 is 1.18 bits per heavy atom. The second-order valence-electron chi connectivity index (χ2n) is 5.50. The van der Waals surface area contributed by atoms with E-state index in [2.05, 4.69) is 10.0 Å². The van der Waals surface area contributed by atoms with Crippen molar-refractivity contribution in [3.63, 3.8) is 0 Å². The quantitative estimate of drug-likeness (QED) is 0.751. The predicted molar refractivity (Wildman–Crippen MR) is 81.2 cm³/mol. The first kappa shape index (κ1) is 16.9. The minimum Gasteiger partial charge on any atom is -0.353 e. The lowest BCUT2D eigenvalue weighted by Crippen LogP contribution is -2.33. The molecule has 1 aromatic rings. The molecule has 1 aromatic carbocycles. The van der Waals surface area contributed by atoms with Crippen LogP contribution in [0, 0.1) is 5.82 Å². The number of carbonyl (C=O) groups is 1. The number of rotatable bonds is 7. The van der Waals surface area contributed by atoms with Gasteiger partial charge in [0.2, 0.25) is 15.9 Å². The summed E-state index contributed by atoms with van der Waals surface area (Å²) in [6, 6.07) is 4.91. The summed E-state index contributed by atoms with van der Waals surface area (Å²) in [5, 5.41) is 2.96. The van der Waals surface area contributed by atoms with E-state index in [4.69, 9.17) is 0 Å². The maximum absolute atomic E-state index is 12.8. The van der Waals surface area contributed by atoms with Gasteiger partial charge in [-0.25, -0.2) is 17.5 Å². The number of hydrogen-bond donors (Lipinski definition) is 2. The topological polar surface area (TPSA) is 75.3 Å². The molecule has 1 fully saturated rings. The Kier molecular flexibility index (Phi) is 5.90. The standard InChI is InChI=1S/C15H21FN2O3S/c16-12-7-9-14(10-8-12)22(20,21)17-11-3-6-15(19)18-13-4-1-2-5-13/h7-10,13,17H,1-6,11H2,(H,18,19). The molecule has 0 spiro atoms. The molecule has 2 N–H and O–H groups in total. The highest BCUT2D eigenvalue weighted by Crippen LogP contribution is 2.17. The van der Waals surface area contributed by atoms with E-state index in [0.29, 0.717) is 12.8 Å². The summed E-state index contributed by atoms with van der Waals surface area (Å²) in [6.07, 6.45) is 5.10. The molecule has 22 heavy (non-hydrogen) atoms. The molecule has 1 amide bonds. The minimum absolute atomic E-state index is 0.0179. The van der Waals surface area contributed by atoms with E-state index in [9.17, 15) is 17.6 Å². The fraction of sp³-hybridized carbons (Fsp3) is 0.533. The number of amides is 1. The maximum atomic E-state index is 12.8. The average Bonchev–Trinajstić information content (AvgIpc) is 2.97. The molecule has 122 valence electrons. The van der Waals surface area contributed by atoms with Crippen molar-refractivity contribution in [2.75, 3.05) is 6.54 Å². The van der Waals surface area contributed by atoms with Crippen molar-refractivity contribution in [3.05, 3.63) is 30.1 Å². The molecule has 2 rings (SSSR count). The van der Waals surface area contributed by atoms with E-state index >= 15 is 0 Å². The van der Waals surface area contributed by atoms with Crippen molar-refractivity contribution < 1.29 is 17.6 Å². The van der Waals surface area contributed by atoms with Gasteiger partial charge in [-0.3, -0.25) is 4.79 Å². The molecule has 0 aliphatic heterocycles. The molecule has 1 aliphatic rings. The van der Waals surface area contributed by atoms with Crippen molar-refractivity contribution in [3.8, 4) is 0 Å². The third-order valence-corrected chi connectivity index (χ3v) is 5.19. The lowest BCUT2D eigenvalue weighted by molar-refractivity contribution is -0.121. The first-order chi connectivity index (χ1) is 10.5. The van der Waals surface area contributed by atoms with E-state index in [1.165, 1.54) is 12.1 Å². The van der Waals surface area contributed by atoms with Crippen LogP contribution >= 0.6 is 0 Å². The van der Waals surface area contributed by atoms with Gasteiger partial charge in [0.1, 0.15) is 5.82 Å². The number of hydrogen-bond acceptors (Lipinski definition) is 3. The fourth-order valence-electron chi connectivity index (χ4n) is 2.52. The van der Waals surface area contributed by atoms with E-state index in [-0.39, 0.29) is 23.4 Å². The van der Waals surface area contributed by atoms with Crippen LogP contribution in [0.3, 0.4) is 0 Å². The molecule has 7 heteroatoms. The zero-order valence-electron chi connectivity index (χ0n) is 12.3. The normalized spacial score (nSPS) is 15.9. The minimum atomic E-state index is -3.65. The van der Waals surface area contributed by atoms with Gasteiger partial charge in [-0.2, -0.15) is 0 Å². The third kappa shape index (κ3) is 5.06. The van der Waals surface area contributed by atoms with Crippen molar-refractivity contribution in [1.82, 2.24) is 10.0 Å². The van der Waals surface area contributed by atoms with Crippen molar-refractivity contribution in [2.45, 2.75) is 49.5 Å². The molecule has 0 aromatic heterocycles. The molecule has 5 nitrogen and oxygen atoms in total. The molecule has 1 saturated carbocycles. The molecular weight excluding hydrogens is 307 g/mol. The van der Waals surface area contributed by atoms with Gasteiger partial charge in [0.05, 0.1) is 4.90 Å². The van der Waals surface area contributed by atoms with Gasteiger partial charge < -0.3 is 5.32 Å². The highest BCUT2D eigenvalue weighted by Gasteiger charge is 2.17. The number of sulfonamides is 1. The molecule has 1 aliphatic carbocycles. The van der Waals surface area contributed by atoms with Gasteiger partial charge in [0.25, 0.3) is 0 Å². The molecule has 0 heterocycles. The highest BCUT2D eigenvalue weighted by molar-refractivity contribution is 7.89. The van der Waals surface area contributed by atoms with Crippen LogP contribution in [0.25, 0.3) is 0 Å². The van der Waals surface area contributed by atoms with Crippen molar-refractivity contribution >= 4 is 15.9 Å². The van der Waals surface area contributed by atoms with Crippen molar-refractivity contribution in [2.24, 2.45) is 0 Å². The molecule has 0 bridgehead atoms. The zero-order valence-corrected chi connectivity index (χ0v) is 13.2. The molecule has 0 radical (unpaired) electrons. The maximum Gasteiger partial charge on any atom is 0.240 e. The average molecular weight is 328 g/mol. The summed E-state index contributed by atoms with van der Waals surface area (Å²) in [6.45, 7) is 0.178. The summed E-state index contributed by atoms with van der Waals surface area (Å²) in [7, 11) is -3.65. The number of nitrogens with one attached hydrogen (secondary N) is 2. The lowest BCUT2D eigenvalue weighted by Gasteiger charge is -2.12. The first-order valence-electron chi connectivity index (χ1n) is 7.52. The Morgan fingerprint density at radius 3 is 2.45 bits per heavy atom. The second kappa shape index (κ2) is 7.69. The fourth-order valence-corrected chi connectivity index (χ4v) is 3.60. The SMILES string of the molecule is O=C(CCCNS(=O)(=O)c1ccc(F)cc1)NC1CCCC1. The van der Waals surface area contributed by atoms with E-state index < -0.39 is 15.8 Å². The van der Waals surface area contributed by atoms with Gasteiger partial charge in [-0.15, -0.1) is 0 Å². The Balaban J connectivity index is 1.71. The highest BCUT2D eigenvalue weighted by atomic mass is 32.2. The van der Waals surface area contributed by atoms with Gasteiger partial charge in [-0.05, 0) is 43.5 Å². The van der Waals surface area contributed by atoms with Crippen LogP contribution in [0.4, 0.5) is 4.39 Å². The van der Waals surface area contributed by atoms with Crippen LogP contribution < -0.4 is 10.0 Å². The summed E-state index contributed by atoms with van der Waals surface area (Å²) in [5.74, 6) is -0.518. The summed E-state index contributed by atoms with van der Waals surface area (Å²) < 4.78 is 39.1.